The van der Waals surface area contributed by atoms with Crippen LogP contribution in [0.25, 0.3) is 0 Å². The molecule has 27 heavy (non-hydrogen) atoms. The van der Waals surface area contributed by atoms with Crippen LogP contribution in [-0.2, 0) is 9.53 Å². The lowest BCUT2D eigenvalue weighted by atomic mass is 10.0. The standard InChI is InChI=1S/C22H36N2O3/c1-4-17-27-22(3,5-2)21(25)23-19-10-12-20(13-11-19)26-18-9-16-24-14-7-6-8-15-24/h10-13H,4-9,14-18H2,1-3H3,(H,23,25)/t22-/m0/s1. The van der Waals surface area contributed by atoms with Crippen LogP contribution in [0.15, 0.2) is 24.3 Å². The first kappa shape index (κ1) is 21.7. The molecule has 1 heterocycles. The number of nitrogens with one attached hydrogen (secondary N) is 1. The molecule has 1 aromatic rings. The molecule has 0 unspecified atom stereocenters. The number of nitrogens with zero attached hydrogens (tertiary/aromatic N) is 1. The van der Waals surface area contributed by atoms with E-state index in [4.69, 9.17) is 9.47 Å². The van der Waals surface area contributed by atoms with Gasteiger partial charge < -0.3 is 19.7 Å². The Morgan fingerprint density at radius 3 is 2.44 bits per heavy atom. The van der Waals surface area contributed by atoms with Crippen molar-refractivity contribution in [2.45, 2.75) is 64.9 Å². The van der Waals surface area contributed by atoms with Gasteiger partial charge in [0.2, 0.25) is 0 Å². The van der Waals surface area contributed by atoms with Gasteiger partial charge in [-0.3, -0.25) is 4.79 Å². The van der Waals surface area contributed by atoms with E-state index in [9.17, 15) is 4.79 Å². The minimum atomic E-state index is -0.792. The van der Waals surface area contributed by atoms with Crippen molar-refractivity contribution in [3.8, 4) is 5.75 Å². The second kappa shape index (κ2) is 11.3. The summed E-state index contributed by atoms with van der Waals surface area (Å²) in [5.41, 5.74) is -0.0277. The molecule has 0 aliphatic carbocycles. The summed E-state index contributed by atoms with van der Waals surface area (Å²) in [5, 5.41) is 2.95. The fourth-order valence-corrected chi connectivity index (χ4v) is 3.21. The minimum absolute atomic E-state index is 0.103. The van der Waals surface area contributed by atoms with Gasteiger partial charge in [0.05, 0.1) is 6.61 Å². The van der Waals surface area contributed by atoms with Gasteiger partial charge in [-0.05, 0) is 76.4 Å². The first-order chi connectivity index (χ1) is 13.1. The number of rotatable bonds is 11. The van der Waals surface area contributed by atoms with Crippen molar-refractivity contribution in [2.24, 2.45) is 0 Å². The Kier molecular flexibility index (Phi) is 9.08. The molecule has 1 fully saturated rings. The van der Waals surface area contributed by atoms with E-state index in [1.165, 1.54) is 32.4 Å². The highest BCUT2D eigenvalue weighted by atomic mass is 16.5. The summed E-state index contributed by atoms with van der Waals surface area (Å²) in [7, 11) is 0. The average molecular weight is 377 g/mol. The Bertz CT molecular complexity index is 555. The molecule has 1 saturated heterocycles. The van der Waals surface area contributed by atoms with Crippen LogP contribution in [0.5, 0.6) is 5.75 Å². The van der Waals surface area contributed by atoms with Crippen molar-refractivity contribution in [1.29, 1.82) is 0 Å². The molecule has 1 aliphatic heterocycles. The molecule has 1 aliphatic rings. The molecule has 0 aromatic heterocycles. The third kappa shape index (κ3) is 7.15. The van der Waals surface area contributed by atoms with E-state index in [1.807, 2.05) is 45.0 Å². The fraction of sp³-hybridized carbons (Fsp3) is 0.682. The number of carbonyl (C=O) groups is 1. The molecule has 1 aromatic carbocycles. The van der Waals surface area contributed by atoms with Crippen LogP contribution in [0.1, 0.15) is 59.3 Å². The third-order valence-corrected chi connectivity index (χ3v) is 5.23. The Labute approximate surface area is 164 Å². The molecular weight excluding hydrogens is 340 g/mol. The fourth-order valence-electron chi connectivity index (χ4n) is 3.21. The summed E-state index contributed by atoms with van der Waals surface area (Å²) in [4.78, 5) is 15.1. The Balaban J connectivity index is 1.74. The Morgan fingerprint density at radius 2 is 1.81 bits per heavy atom. The SMILES string of the molecule is CCCO[C@@](C)(CC)C(=O)Nc1ccc(OCCCN2CCCCC2)cc1. The van der Waals surface area contributed by atoms with Gasteiger partial charge in [0.15, 0.2) is 0 Å². The maximum absolute atomic E-state index is 12.5. The summed E-state index contributed by atoms with van der Waals surface area (Å²) in [5.74, 6) is 0.737. The van der Waals surface area contributed by atoms with Gasteiger partial charge in [-0.15, -0.1) is 0 Å². The minimum Gasteiger partial charge on any atom is -0.494 e. The first-order valence-electron chi connectivity index (χ1n) is 10.5. The number of hydrogen-bond donors (Lipinski definition) is 1. The van der Waals surface area contributed by atoms with Crippen molar-refractivity contribution in [2.75, 3.05) is 38.2 Å². The predicted octanol–water partition coefficient (Wildman–Crippen LogP) is 4.48. The predicted molar refractivity (Wildman–Crippen MR) is 110 cm³/mol. The van der Waals surface area contributed by atoms with Crippen LogP contribution < -0.4 is 10.1 Å². The van der Waals surface area contributed by atoms with E-state index in [1.54, 1.807) is 0 Å². The number of hydrogen-bond acceptors (Lipinski definition) is 4. The Hall–Kier alpha value is -1.59. The van der Waals surface area contributed by atoms with Crippen LogP contribution in [0.4, 0.5) is 5.69 Å². The second-order valence-corrected chi connectivity index (χ2v) is 7.52. The first-order valence-corrected chi connectivity index (χ1v) is 10.5. The summed E-state index contributed by atoms with van der Waals surface area (Å²) in [6.45, 7) is 10.7. The number of amides is 1. The van der Waals surface area contributed by atoms with Crippen LogP contribution in [0, 0.1) is 0 Å². The van der Waals surface area contributed by atoms with Crippen molar-refractivity contribution < 1.29 is 14.3 Å². The van der Waals surface area contributed by atoms with E-state index in [-0.39, 0.29) is 5.91 Å². The molecule has 5 heteroatoms. The number of anilines is 1. The van der Waals surface area contributed by atoms with E-state index >= 15 is 0 Å². The zero-order valence-corrected chi connectivity index (χ0v) is 17.3. The van der Waals surface area contributed by atoms with E-state index in [2.05, 4.69) is 10.2 Å². The quantitative estimate of drug-likeness (QED) is 0.579. The Morgan fingerprint density at radius 1 is 1.11 bits per heavy atom. The van der Waals surface area contributed by atoms with Gasteiger partial charge in [-0.1, -0.05) is 20.3 Å². The topological polar surface area (TPSA) is 50.8 Å². The molecule has 152 valence electrons. The third-order valence-electron chi connectivity index (χ3n) is 5.23. The number of likely N-dealkylation sites (tertiary alicyclic amines) is 1. The molecule has 5 nitrogen and oxygen atoms in total. The molecule has 0 bridgehead atoms. The number of ether oxygens (including phenoxy) is 2. The summed E-state index contributed by atoms with van der Waals surface area (Å²) in [6, 6.07) is 7.58. The molecule has 1 atom stereocenters. The lowest BCUT2D eigenvalue weighted by Crippen LogP contribution is -2.42. The van der Waals surface area contributed by atoms with Crippen molar-refractivity contribution in [3.05, 3.63) is 24.3 Å². The van der Waals surface area contributed by atoms with E-state index in [0.717, 1.165) is 37.4 Å². The van der Waals surface area contributed by atoms with Crippen molar-refractivity contribution in [1.82, 2.24) is 4.90 Å². The van der Waals surface area contributed by atoms with Gasteiger partial charge in [0.1, 0.15) is 11.4 Å². The van der Waals surface area contributed by atoms with E-state index < -0.39 is 5.60 Å². The highest BCUT2D eigenvalue weighted by molar-refractivity contribution is 5.97. The highest BCUT2D eigenvalue weighted by Crippen LogP contribution is 2.21. The molecule has 2 rings (SSSR count). The normalized spacial score (nSPS) is 17.3. The van der Waals surface area contributed by atoms with Crippen molar-refractivity contribution in [3.63, 3.8) is 0 Å². The maximum Gasteiger partial charge on any atom is 0.256 e. The molecule has 0 radical (unpaired) electrons. The second-order valence-electron chi connectivity index (χ2n) is 7.52. The van der Waals surface area contributed by atoms with Gasteiger partial charge in [0, 0.05) is 18.8 Å². The molecular formula is C22H36N2O3. The monoisotopic (exact) mass is 376 g/mol. The number of carbonyl (C=O) groups excluding carboxylic acids is 1. The van der Waals surface area contributed by atoms with Crippen LogP contribution in [0.3, 0.4) is 0 Å². The van der Waals surface area contributed by atoms with Gasteiger partial charge in [-0.25, -0.2) is 0 Å². The summed E-state index contributed by atoms with van der Waals surface area (Å²) < 4.78 is 11.6. The number of piperidine rings is 1. The van der Waals surface area contributed by atoms with E-state index in [0.29, 0.717) is 13.0 Å². The maximum atomic E-state index is 12.5. The molecule has 1 amide bonds. The van der Waals surface area contributed by atoms with Gasteiger partial charge >= 0.3 is 0 Å². The summed E-state index contributed by atoms with van der Waals surface area (Å²) >= 11 is 0. The van der Waals surface area contributed by atoms with Crippen molar-refractivity contribution >= 4 is 11.6 Å². The zero-order valence-electron chi connectivity index (χ0n) is 17.3. The molecule has 0 spiro atoms. The number of benzene rings is 1. The van der Waals surface area contributed by atoms with Crippen LogP contribution >= 0.6 is 0 Å². The highest BCUT2D eigenvalue weighted by Gasteiger charge is 2.32. The smallest absolute Gasteiger partial charge is 0.256 e. The molecule has 0 saturated carbocycles. The molecule has 1 N–H and O–H groups in total. The lowest BCUT2D eigenvalue weighted by molar-refractivity contribution is -0.139. The average Bonchev–Trinajstić information content (AvgIpc) is 2.71. The van der Waals surface area contributed by atoms with Crippen LogP contribution in [0.2, 0.25) is 0 Å². The zero-order chi connectivity index (χ0) is 19.5. The lowest BCUT2D eigenvalue weighted by Gasteiger charge is -2.27. The summed E-state index contributed by atoms with van der Waals surface area (Å²) in [6.07, 6.45) is 6.60. The van der Waals surface area contributed by atoms with Gasteiger partial charge in [-0.2, -0.15) is 0 Å². The van der Waals surface area contributed by atoms with Gasteiger partial charge in [0.25, 0.3) is 5.91 Å². The largest absolute Gasteiger partial charge is 0.494 e. The van der Waals surface area contributed by atoms with Crippen LogP contribution in [-0.4, -0.2) is 49.3 Å².